The normalized spacial score (nSPS) is 10.2. The molecule has 4 aromatic rings. The lowest BCUT2D eigenvalue weighted by molar-refractivity contribution is 0.262. The number of amides is 2. The number of carbonyl (C=O) groups is 1. The first-order valence-electron chi connectivity index (χ1n) is 11.3. The zero-order chi connectivity index (χ0) is 27.2. The van der Waals surface area contributed by atoms with Crippen molar-refractivity contribution < 1.29 is 23.0 Å². The van der Waals surface area contributed by atoms with Gasteiger partial charge < -0.3 is 20.1 Å². The Balaban J connectivity index is 1.46. The molecule has 0 atom stereocenters. The van der Waals surface area contributed by atoms with Crippen LogP contribution < -0.4 is 20.1 Å². The van der Waals surface area contributed by atoms with E-state index in [0.29, 0.717) is 34.0 Å². The van der Waals surface area contributed by atoms with E-state index in [0.717, 1.165) is 12.1 Å². The number of rotatable bonds is 6. The Hall–Kier alpha value is -5.41. The maximum absolute atomic E-state index is 14.3. The number of aryl methyl sites for hydroxylation is 2. The van der Waals surface area contributed by atoms with Crippen molar-refractivity contribution >= 4 is 23.1 Å². The van der Waals surface area contributed by atoms with Crippen LogP contribution in [0, 0.1) is 43.4 Å². The van der Waals surface area contributed by atoms with E-state index in [-0.39, 0.29) is 22.7 Å². The number of ether oxygens (including phenoxy) is 2. The van der Waals surface area contributed by atoms with Crippen LogP contribution in [-0.2, 0) is 0 Å². The second-order valence-electron chi connectivity index (χ2n) is 8.23. The summed E-state index contributed by atoms with van der Waals surface area (Å²) in [5.74, 6) is -0.808. The van der Waals surface area contributed by atoms with Gasteiger partial charge in [0.05, 0.1) is 18.2 Å². The molecule has 7 nitrogen and oxygen atoms in total. The Labute approximate surface area is 217 Å². The van der Waals surface area contributed by atoms with E-state index in [1.807, 2.05) is 6.07 Å². The summed E-state index contributed by atoms with van der Waals surface area (Å²) in [6, 6.07) is 18.9. The van der Waals surface area contributed by atoms with E-state index in [2.05, 4.69) is 15.5 Å². The van der Waals surface area contributed by atoms with Crippen molar-refractivity contribution in [2.24, 2.45) is 0 Å². The Morgan fingerprint density at radius 3 is 1.79 bits per heavy atom. The molecule has 9 heteroatoms. The Kier molecular flexibility index (Phi) is 7.50. The smallest absolute Gasteiger partial charge is 0.323 e. The minimum atomic E-state index is -0.681. The van der Waals surface area contributed by atoms with Crippen molar-refractivity contribution in [2.45, 2.75) is 13.8 Å². The molecular weight excluding hydrogens is 490 g/mol. The minimum absolute atomic E-state index is 0.0482. The standard InChI is InChI=1S/C29H20F2N4O3/c1-17-4-7-21(14-27(17)37-25-10-6-19(16-32)12-23(25)30)34-29(36)35-22-8-5-18(2)28(15-22)38-26-11-9-20(33-3)13-24(26)31/h4-15H,1-2H3,(H2,34,35,36). The van der Waals surface area contributed by atoms with Gasteiger partial charge in [-0.2, -0.15) is 5.26 Å². The number of carbonyl (C=O) groups excluding carboxylic acids is 1. The largest absolute Gasteiger partial charge is 0.454 e. The topological polar surface area (TPSA) is 87.7 Å². The third-order valence-corrected chi connectivity index (χ3v) is 5.44. The average Bonchev–Trinajstić information content (AvgIpc) is 2.90. The van der Waals surface area contributed by atoms with Crippen LogP contribution >= 0.6 is 0 Å². The van der Waals surface area contributed by atoms with Crippen molar-refractivity contribution in [2.75, 3.05) is 10.6 Å². The highest BCUT2D eigenvalue weighted by Gasteiger charge is 2.12. The molecule has 0 aliphatic rings. The maximum atomic E-state index is 14.3. The van der Waals surface area contributed by atoms with Gasteiger partial charge in [0.25, 0.3) is 0 Å². The van der Waals surface area contributed by atoms with Gasteiger partial charge in [-0.1, -0.05) is 18.2 Å². The zero-order valence-corrected chi connectivity index (χ0v) is 20.3. The molecule has 0 unspecified atom stereocenters. The van der Waals surface area contributed by atoms with E-state index in [4.69, 9.17) is 21.3 Å². The van der Waals surface area contributed by atoms with E-state index in [9.17, 15) is 13.6 Å². The number of benzene rings is 4. The van der Waals surface area contributed by atoms with Crippen LogP contribution in [-0.4, -0.2) is 6.03 Å². The molecule has 0 saturated heterocycles. The van der Waals surface area contributed by atoms with Gasteiger partial charge in [-0.25, -0.2) is 18.4 Å². The van der Waals surface area contributed by atoms with Crippen LogP contribution in [0.5, 0.6) is 23.0 Å². The SMILES string of the molecule is [C-]#[N+]c1ccc(Oc2cc(NC(=O)Nc3ccc(C)c(Oc4ccc(C#N)cc4F)c3)ccc2C)c(F)c1. The lowest BCUT2D eigenvalue weighted by atomic mass is 10.2. The molecule has 2 amide bonds. The molecule has 2 N–H and O–H groups in total. The van der Waals surface area contributed by atoms with Crippen LogP contribution in [0.15, 0.2) is 72.8 Å². The molecule has 0 aromatic heterocycles. The molecule has 0 heterocycles. The highest BCUT2D eigenvalue weighted by atomic mass is 19.1. The number of hydrogen-bond acceptors (Lipinski definition) is 4. The van der Waals surface area contributed by atoms with Crippen LogP contribution in [0.25, 0.3) is 4.85 Å². The fourth-order valence-corrected chi connectivity index (χ4v) is 3.40. The molecule has 0 radical (unpaired) electrons. The fourth-order valence-electron chi connectivity index (χ4n) is 3.40. The first kappa shape index (κ1) is 25.7. The third-order valence-electron chi connectivity index (χ3n) is 5.44. The fraction of sp³-hybridized carbons (Fsp3) is 0.0690. The molecule has 0 aliphatic carbocycles. The zero-order valence-electron chi connectivity index (χ0n) is 20.3. The van der Waals surface area contributed by atoms with Crippen LogP contribution in [0.3, 0.4) is 0 Å². The van der Waals surface area contributed by atoms with Crippen molar-refractivity contribution in [3.8, 4) is 29.1 Å². The predicted octanol–water partition coefficient (Wildman–Crippen LogP) is 8.23. The summed E-state index contributed by atoms with van der Waals surface area (Å²) in [5.41, 5.74) is 2.53. The van der Waals surface area contributed by atoms with Crippen molar-refractivity contribution in [3.63, 3.8) is 0 Å². The summed E-state index contributed by atoms with van der Waals surface area (Å²) in [4.78, 5) is 15.8. The Morgan fingerprint density at radius 2 is 1.32 bits per heavy atom. The van der Waals surface area contributed by atoms with Gasteiger partial charge >= 0.3 is 6.03 Å². The summed E-state index contributed by atoms with van der Waals surface area (Å²) in [6.45, 7) is 10.5. The first-order valence-corrected chi connectivity index (χ1v) is 11.3. The number of nitrogens with one attached hydrogen (secondary N) is 2. The Bertz CT molecular complexity index is 1500. The molecule has 188 valence electrons. The van der Waals surface area contributed by atoms with Crippen molar-refractivity contribution in [3.05, 3.63) is 113 Å². The minimum Gasteiger partial charge on any atom is -0.454 e. The monoisotopic (exact) mass is 510 g/mol. The van der Waals surface area contributed by atoms with Gasteiger partial charge in [-0.3, -0.25) is 0 Å². The predicted molar refractivity (Wildman–Crippen MR) is 139 cm³/mol. The van der Waals surface area contributed by atoms with Crippen LogP contribution in [0.1, 0.15) is 16.7 Å². The van der Waals surface area contributed by atoms with Gasteiger partial charge in [-0.05, 0) is 67.4 Å². The molecule has 4 aromatic carbocycles. The van der Waals surface area contributed by atoms with Gasteiger partial charge in [0.15, 0.2) is 28.8 Å². The molecule has 0 fully saturated rings. The molecule has 0 saturated carbocycles. The van der Waals surface area contributed by atoms with Gasteiger partial charge in [0.2, 0.25) is 0 Å². The summed E-state index contributed by atoms with van der Waals surface area (Å²) in [6.07, 6.45) is 0. The van der Waals surface area contributed by atoms with Crippen LogP contribution in [0.2, 0.25) is 0 Å². The number of halogens is 2. The van der Waals surface area contributed by atoms with Crippen molar-refractivity contribution in [1.82, 2.24) is 0 Å². The van der Waals surface area contributed by atoms with Gasteiger partial charge in [-0.15, -0.1) is 0 Å². The third kappa shape index (κ3) is 6.04. The second kappa shape index (κ2) is 11.1. The number of nitrogens with zero attached hydrogens (tertiary/aromatic N) is 2. The molecule has 38 heavy (non-hydrogen) atoms. The summed E-state index contributed by atoms with van der Waals surface area (Å²) < 4.78 is 39.9. The maximum Gasteiger partial charge on any atom is 0.323 e. The van der Waals surface area contributed by atoms with Crippen molar-refractivity contribution in [1.29, 1.82) is 5.26 Å². The molecule has 0 aliphatic heterocycles. The van der Waals surface area contributed by atoms with Crippen LogP contribution in [0.4, 0.5) is 30.6 Å². The lowest BCUT2D eigenvalue weighted by Crippen LogP contribution is -2.19. The van der Waals surface area contributed by atoms with E-state index in [1.54, 1.807) is 50.2 Å². The quantitative estimate of drug-likeness (QED) is 0.256. The van der Waals surface area contributed by atoms with Gasteiger partial charge in [0.1, 0.15) is 11.5 Å². The molecule has 4 rings (SSSR count). The number of anilines is 2. The number of hydrogen-bond donors (Lipinski definition) is 2. The highest BCUT2D eigenvalue weighted by molar-refractivity contribution is 6.00. The molecule has 0 bridgehead atoms. The number of nitriles is 1. The molecule has 0 spiro atoms. The Morgan fingerprint density at radius 1 is 0.789 bits per heavy atom. The molecular formula is C29H20F2N4O3. The summed E-state index contributed by atoms with van der Waals surface area (Å²) in [7, 11) is 0. The van der Waals surface area contributed by atoms with E-state index in [1.165, 1.54) is 24.3 Å². The average molecular weight is 511 g/mol. The van der Waals surface area contributed by atoms with Gasteiger partial charge in [0, 0.05) is 23.5 Å². The highest BCUT2D eigenvalue weighted by Crippen LogP contribution is 2.32. The number of urea groups is 1. The first-order chi connectivity index (χ1) is 18.2. The van der Waals surface area contributed by atoms with E-state index >= 15 is 0 Å². The summed E-state index contributed by atoms with van der Waals surface area (Å²) in [5, 5.41) is 14.3. The summed E-state index contributed by atoms with van der Waals surface area (Å²) >= 11 is 0. The second-order valence-corrected chi connectivity index (χ2v) is 8.23. The van der Waals surface area contributed by atoms with E-state index < -0.39 is 17.7 Å². The lowest BCUT2D eigenvalue weighted by Gasteiger charge is -2.14.